The standard InChI is InChI=1S/C14H21N3O/c1-10-11(2)17(14(16)13(10)9-15)7-6-12-5-3-4-8-18-12/h12H,3-8,16H2,1-2H3. The Morgan fingerprint density at radius 3 is 2.78 bits per heavy atom. The minimum absolute atomic E-state index is 0.353. The SMILES string of the molecule is Cc1c(C#N)c(N)n(CCC2CCCCO2)c1C. The van der Waals surface area contributed by atoms with E-state index in [1.807, 2.05) is 18.4 Å². The average Bonchev–Trinajstić information content (AvgIpc) is 2.60. The van der Waals surface area contributed by atoms with E-state index in [9.17, 15) is 0 Å². The van der Waals surface area contributed by atoms with Crippen LogP contribution in [0.5, 0.6) is 0 Å². The summed E-state index contributed by atoms with van der Waals surface area (Å²) in [4.78, 5) is 0. The summed E-state index contributed by atoms with van der Waals surface area (Å²) >= 11 is 0. The van der Waals surface area contributed by atoms with Crippen LogP contribution in [0.1, 0.15) is 42.5 Å². The van der Waals surface area contributed by atoms with Gasteiger partial charge in [0.1, 0.15) is 11.9 Å². The lowest BCUT2D eigenvalue weighted by molar-refractivity contribution is 0.00884. The van der Waals surface area contributed by atoms with Crippen LogP contribution in [0.2, 0.25) is 0 Å². The highest BCUT2D eigenvalue weighted by molar-refractivity contribution is 5.57. The van der Waals surface area contributed by atoms with Crippen molar-refractivity contribution in [1.82, 2.24) is 4.57 Å². The average molecular weight is 247 g/mol. The highest BCUT2D eigenvalue weighted by atomic mass is 16.5. The monoisotopic (exact) mass is 247 g/mol. The van der Waals surface area contributed by atoms with Crippen molar-refractivity contribution in [3.63, 3.8) is 0 Å². The first-order valence-corrected chi connectivity index (χ1v) is 6.62. The number of nitriles is 1. The third-order valence-electron chi connectivity index (χ3n) is 3.93. The molecule has 1 saturated heterocycles. The van der Waals surface area contributed by atoms with Crippen LogP contribution in [0, 0.1) is 25.2 Å². The Bertz CT molecular complexity index is 464. The van der Waals surface area contributed by atoms with Gasteiger partial charge in [-0.05, 0) is 45.1 Å². The van der Waals surface area contributed by atoms with Crippen LogP contribution in [0.25, 0.3) is 0 Å². The van der Waals surface area contributed by atoms with Gasteiger partial charge in [0.25, 0.3) is 0 Å². The molecular weight excluding hydrogens is 226 g/mol. The van der Waals surface area contributed by atoms with Crippen LogP contribution < -0.4 is 5.73 Å². The molecule has 4 heteroatoms. The number of nitrogens with two attached hydrogens (primary N) is 1. The van der Waals surface area contributed by atoms with Gasteiger partial charge in [0.05, 0.1) is 11.7 Å². The number of ether oxygens (including phenoxy) is 1. The topological polar surface area (TPSA) is 64.0 Å². The van der Waals surface area contributed by atoms with Crippen molar-refractivity contribution in [1.29, 1.82) is 5.26 Å². The summed E-state index contributed by atoms with van der Waals surface area (Å²) in [6.45, 7) is 5.70. The number of nitrogens with zero attached hydrogens (tertiary/aromatic N) is 2. The van der Waals surface area contributed by atoms with Crippen molar-refractivity contribution in [3.05, 3.63) is 16.8 Å². The molecule has 1 aromatic heterocycles. The lowest BCUT2D eigenvalue weighted by atomic mass is 10.1. The van der Waals surface area contributed by atoms with Gasteiger partial charge in [0.2, 0.25) is 0 Å². The van der Waals surface area contributed by atoms with Crippen molar-refractivity contribution in [3.8, 4) is 6.07 Å². The molecule has 0 spiro atoms. The molecule has 1 aliphatic heterocycles. The van der Waals surface area contributed by atoms with Gasteiger partial charge in [-0.15, -0.1) is 0 Å². The molecule has 4 nitrogen and oxygen atoms in total. The van der Waals surface area contributed by atoms with Gasteiger partial charge in [0.15, 0.2) is 0 Å². The molecule has 98 valence electrons. The molecule has 1 unspecified atom stereocenters. The van der Waals surface area contributed by atoms with E-state index in [1.165, 1.54) is 12.8 Å². The lowest BCUT2D eigenvalue weighted by Crippen LogP contribution is -2.21. The van der Waals surface area contributed by atoms with Crippen LogP contribution >= 0.6 is 0 Å². The summed E-state index contributed by atoms with van der Waals surface area (Å²) in [7, 11) is 0. The molecule has 0 aliphatic carbocycles. The van der Waals surface area contributed by atoms with E-state index in [4.69, 9.17) is 15.7 Å². The van der Waals surface area contributed by atoms with Gasteiger partial charge < -0.3 is 15.0 Å². The number of rotatable bonds is 3. The van der Waals surface area contributed by atoms with Crippen molar-refractivity contribution in [2.45, 2.75) is 52.2 Å². The minimum Gasteiger partial charge on any atom is -0.384 e. The zero-order valence-electron chi connectivity index (χ0n) is 11.2. The van der Waals surface area contributed by atoms with Crippen molar-refractivity contribution in [2.24, 2.45) is 0 Å². The highest BCUT2D eigenvalue weighted by Gasteiger charge is 2.18. The normalized spacial score (nSPS) is 19.7. The zero-order valence-corrected chi connectivity index (χ0v) is 11.2. The van der Waals surface area contributed by atoms with E-state index >= 15 is 0 Å². The van der Waals surface area contributed by atoms with E-state index in [0.717, 1.165) is 37.3 Å². The molecule has 0 saturated carbocycles. The molecule has 1 aliphatic rings. The van der Waals surface area contributed by atoms with Crippen LogP contribution in [-0.2, 0) is 11.3 Å². The maximum atomic E-state index is 9.09. The van der Waals surface area contributed by atoms with E-state index in [2.05, 4.69) is 6.07 Å². The van der Waals surface area contributed by atoms with Crippen LogP contribution in [-0.4, -0.2) is 17.3 Å². The lowest BCUT2D eigenvalue weighted by Gasteiger charge is -2.23. The Labute approximate surface area is 108 Å². The Morgan fingerprint density at radius 1 is 1.44 bits per heavy atom. The van der Waals surface area contributed by atoms with Gasteiger partial charge in [0, 0.05) is 18.8 Å². The fourth-order valence-corrected chi connectivity index (χ4v) is 2.63. The molecule has 2 heterocycles. The molecule has 1 atom stereocenters. The third-order valence-corrected chi connectivity index (χ3v) is 3.93. The number of anilines is 1. The second-order valence-electron chi connectivity index (χ2n) is 5.01. The van der Waals surface area contributed by atoms with Crippen LogP contribution in [0.3, 0.4) is 0 Å². The summed E-state index contributed by atoms with van der Waals surface area (Å²) in [5.74, 6) is 0.600. The summed E-state index contributed by atoms with van der Waals surface area (Å²) in [6.07, 6.45) is 4.91. The molecule has 2 rings (SSSR count). The molecule has 2 N–H and O–H groups in total. The smallest absolute Gasteiger partial charge is 0.122 e. The van der Waals surface area contributed by atoms with Gasteiger partial charge >= 0.3 is 0 Å². The fraction of sp³-hybridized carbons (Fsp3) is 0.643. The predicted octanol–water partition coefficient (Wildman–Crippen LogP) is 2.52. The first kappa shape index (κ1) is 13.0. The van der Waals surface area contributed by atoms with Crippen molar-refractivity contribution >= 4 is 5.82 Å². The van der Waals surface area contributed by atoms with Gasteiger partial charge in [-0.25, -0.2) is 0 Å². The van der Waals surface area contributed by atoms with Gasteiger partial charge in [-0.2, -0.15) is 5.26 Å². The molecule has 0 aromatic carbocycles. The number of aromatic nitrogens is 1. The van der Waals surface area contributed by atoms with Crippen LogP contribution in [0.15, 0.2) is 0 Å². The second kappa shape index (κ2) is 5.45. The molecular formula is C14H21N3O. The molecule has 0 bridgehead atoms. The molecule has 18 heavy (non-hydrogen) atoms. The molecule has 0 radical (unpaired) electrons. The predicted molar refractivity (Wildman–Crippen MR) is 71.2 cm³/mol. The third kappa shape index (κ3) is 2.37. The quantitative estimate of drug-likeness (QED) is 0.892. The summed E-state index contributed by atoms with van der Waals surface area (Å²) in [5.41, 5.74) is 8.75. The van der Waals surface area contributed by atoms with E-state index in [0.29, 0.717) is 17.5 Å². The van der Waals surface area contributed by atoms with Gasteiger partial charge in [-0.1, -0.05) is 0 Å². The van der Waals surface area contributed by atoms with E-state index < -0.39 is 0 Å². The Hall–Kier alpha value is -1.47. The zero-order chi connectivity index (χ0) is 13.1. The summed E-state index contributed by atoms with van der Waals surface area (Å²) < 4.78 is 7.77. The molecule has 1 aromatic rings. The highest BCUT2D eigenvalue weighted by Crippen LogP contribution is 2.25. The Kier molecular flexibility index (Phi) is 3.93. The maximum Gasteiger partial charge on any atom is 0.122 e. The molecule has 1 fully saturated rings. The largest absolute Gasteiger partial charge is 0.384 e. The van der Waals surface area contributed by atoms with E-state index in [-0.39, 0.29) is 0 Å². The maximum absolute atomic E-state index is 9.09. The first-order valence-electron chi connectivity index (χ1n) is 6.62. The Balaban J connectivity index is 2.07. The van der Waals surface area contributed by atoms with Crippen molar-refractivity contribution < 1.29 is 4.74 Å². The minimum atomic E-state index is 0.353. The van der Waals surface area contributed by atoms with E-state index in [1.54, 1.807) is 0 Å². The second-order valence-corrected chi connectivity index (χ2v) is 5.01. The van der Waals surface area contributed by atoms with Gasteiger partial charge in [-0.3, -0.25) is 0 Å². The summed E-state index contributed by atoms with van der Waals surface area (Å²) in [6, 6.07) is 2.19. The number of nitrogen functional groups attached to an aromatic ring is 1. The number of hydrogen-bond donors (Lipinski definition) is 1. The fourth-order valence-electron chi connectivity index (χ4n) is 2.63. The van der Waals surface area contributed by atoms with Crippen LogP contribution in [0.4, 0.5) is 5.82 Å². The summed E-state index contributed by atoms with van der Waals surface area (Å²) in [5, 5.41) is 9.09. The van der Waals surface area contributed by atoms with Crippen molar-refractivity contribution in [2.75, 3.05) is 12.3 Å². The first-order chi connectivity index (χ1) is 8.65. The Morgan fingerprint density at radius 2 is 2.22 bits per heavy atom. The number of hydrogen-bond acceptors (Lipinski definition) is 3. The molecule has 0 amide bonds.